The lowest BCUT2D eigenvalue weighted by Gasteiger charge is -2.45. The number of anilines is 6. The van der Waals surface area contributed by atoms with Gasteiger partial charge in [-0.3, -0.25) is 0 Å². The minimum atomic E-state index is -0.0172. The van der Waals surface area contributed by atoms with Crippen molar-refractivity contribution in [2.45, 2.75) is 85.5 Å². The van der Waals surface area contributed by atoms with Gasteiger partial charge in [-0.1, -0.05) is 141 Å². The van der Waals surface area contributed by atoms with Gasteiger partial charge in [0.25, 0.3) is 6.71 Å². The number of fused-ring (bicyclic) bond motifs is 7. The Morgan fingerprint density at radius 3 is 1.78 bits per heavy atom. The molecule has 7 aromatic carbocycles. The SMILES string of the molecule is Cc1cc2c3c(c1)N(c1ccc(C(C)(C)C)cc1)c1cc(C(C)(C)C)ccc1B3c1cc(C(C)(C)C)ccc1N2c1cccc(-c2cccc3oc4ccccc4c23)c1. The highest BCUT2D eigenvalue weighted by atomic mass is 16.3. The summed E-state index contributed by atoms with van der Waals surface area (Å²) >= 11 is 0. The van der Waals surface area contributed by atoms with Crippen LogP contribution in [0.1, 0.15) is 84.6 Å². The summed E-state index contributed by atoms with van der Waals surface area (Å²) in [6.45, 7) is 23.1. The van der Waals surface area contributed by atoms with Crippen molar-refractivity contribution in [1.29, 1.82) is 0 Å². The molecule has 292 valence electrons. The Kier molecular flexibility index (Phi) is 8.22. The minimum absolute atomic E-state index is 0.00635. The van der Waals surface area contributed by atoms with Gasteiger partial charge in [0.2, 0.25) is 0 Å². The maximum absolute atomic E-state index is 6.36. The Hall–Kier alpha value is -6.00. The van der Waals surface area contributed by atoms with Gasteiger partial charge in [0.15, 0.2) is 0 Å². The lowest BCUT2D eigenvalue weighted by atomic mass is 9.33. The van der Waals surface area contributed by atoms with Gasteiger partial charge in [-0.25, -0.2) is 0 Å². The van der Waals surface area contributed by atoms with Gasteiger partial charge in [-0.05, 0) is 134 Å². The van der Waals surface area contributed by atoms with Crippen molar-refractivity contribution in [1.82, 2.24) is 0 Å². The average molecular weight is 769 g/mol. The standard InChI is InChI=1S/C55H53BN2O/c1-34-29-47-52-48(30-34)58(40-16-13-15-35(31-40)41-18-14-20-50-51(41)42-17-11-12-19-49(42)59-50)45-28-24-37(54(5,6)7)32-44(45)56(52)43-27-23-38(55(8,9)10)33-46(43)57(47)39-25-21-36(22-26-39)53(2,3)4/h11-33H,1-10H3. The van der Waals surface area contributed by atoms with Crippen LogP contribution >= 0.6 is 0 Å². The van der Waals surface area contributed by atoms with Crippen LogP contribution in [0.2, 0.25) is 0 Å². The maximum Gasteiger partial charge on any atom is 0.252 e. The molecule has 0 saturated carbocycles. The molecule has 8 aromatic rings. The first kappa shape index (κ1) is 37.3. The molecule has 0 saturated heterocycles. The van der Waals surface area contributed by atoms with Crippen LogP contribution in [0.25, 0.3) is 33.1 Å². The molecule has 0 spiro atoms. The minimum Gasteiger partial charge on any atom is -0.456 e. The van der Waals surface area contributed by atoms with Crippen molar-refractivity contribution >= 4 is 79.2 Å². The molecular weight excluding hydrogens is 715 g/mol. The highest BCUT2D eigenvalue weighted by Gasteiger charge is 2.44. The van der Waals surface area contributed by atoms with E-state index in [2.05, 4.69) is 212 Å². The van der Waals surface area contributed by atoms with E-state index in [1.807, 2.05) is 6.07 Å². The largest absolute Gasteiger partial charge is 0.456 e. The van der Waals surface area contributed by atoms with Gasteiger partial charge >= 0.3 is 0 Å². The second kappa shape index (κ2) is 13.0. The molecule has 0 aliphatic carbocycles. The summed E-state index contributed by atoms with van der Waals surface area (Å²) in [6, 6.07) is 52.6. The number of rotatable bonds is 3. The maximum atomic E-state index is 6.36. The first-order valence-corrected chi connectivity index (χ1v) is 21.2. The summed E-state index contributed by atoms with van der Waals surface area (Å²) in [4.78, 5) is 5.09. The molecule has 0 unspecified atom stereocenters. The summed E-state index contributed by atoms with van der Waals surface area (Å²) in [5.74, 6) is 0. The molecule has 2 aliphatic heterocycles. The fourth-order valence-corrected chi connectivity index (χ4v) is 9.56. The summed E-state index contributed by atoms with van der Waals surface area (Å²) in [7, 11) is 0. The smallest absolute Gasteiger partial charge is 0.252 e. The zero-order valence-corrected chi connectivity index (χ0v) is 36.2. The number of benzene rings is 7. The van der Waals surface area contributed by atoms with Crippen molar-refractivity contribution < 1.29 is 4.42 Å². The summed E-state index contributed by atoms with van der Waals surface area (Å²) in [5, 5.41) is 2.29. The molecule has 2 aliphatic rings. The number of furan rings is 1. The number of nitrogens with zero attached hydrogens (tertiary/aromatic N) is 2. The zero-order valence-electron chi connectivity index (χ0n) is 36.2. The van der Waals surface area contributed by atoms with E-state index in [0.717, 1.165) is 33.2 Å². The molecule has 4 heteroatoms. The number of hydrogen-bond donors (Lipinski definition) is 0. The average Bonchev–Trinajstić information content (AvgIpc) is 3.58. The van der Waals surface area contributed by atoms with E-state index in [1.165, 1.54) is 72.6 Å². The molecule has 0 N–H and O–H groups in total. The third-order valence-corrected chi connectivity index (χ3v) is 12.8. The molecule has 59 heavy (non-hydrogen) atoms. The van der Waals surface area contributed by atoms with E-state index >= 15 is 0 Å². The van der Waals surface area contributed by atoms with Crippen LogP contribution in [0.15, 0.2) is 144 Å². The number of hydrogen-bond acceptors (Lipinski definition) is 3. The van der Waals surface area contributed by atoms with Crippen molar-refractivity contribution in [3.05, 3.63) is 162 Å². The highest BCUT2D eigenvalue weighted by molar-refractivity contribution is 7.00. The molecule has 3 nitrogen and oxygen atoms in total. The molecular formula is C55H53BN2O. The topological polar surface area (TPSA) is 19.6 Å². The number of para-hydroxylation sites is 1. The second-order valence-electron chi connectivity index (χ2n) is 20.0. The van der Waals surface area contributed by atoms with Crippen molar-refractivity contribution in [2.75, 3.05) is 9.80 Å². The van der Waals surface area contributed by atoms with Gasteiger partial charge < -0.3 is 14.2 Å². The van der Waals surface area contributed by atoms with Crippen molar-refractivity contribution in [2.24, 2.45) is 0 Å². The van der Waals surface area contributed by atoms with Crippen LogP contribution in [0, 0.1) is 6.92 Å². The fraction of sp³-hybridized carbons (Fsp3) is 0.236. The Morgan fingerprint density at radius 2 is 1.07 bits per heavy atom. The van der Waals surface area contributed by atoms with Gasteiger partial charge in [0, 0.05) is 44.9 Å². The van der Waals surface area contributed by atoms with Gasteiger partial charge in [-0.15, -0.1) is 0 Å². The van der Waals surface area contributed by atoms with Crippen molar-refractivity contribution in [3.8, 4) is 11.1 Å². The van der Waals surface area contributed by atoms with E-state index in [9.17, 15) is 0 Å². The first-order chi connectivity index (χ1) is 28.1. The summed E-state index contributed by atoms with van der Waals surface area (Å²) < 4.78 is 6.36. The van der Waals surface area contributed by atoms with Gasteiger partial charge in [0.1, 0.15) is 11.2 Å². The zero-order chi connectivity index (χ0) is 41.2. The van der Waals surface area contributed by atoms with E-state index in [0.29, 0.717) is 0 Å². The molecule has 0 atom stereocenters. The van der Waals surface area contributed by atoms with E-state index in [-0.39, 0.29) is 23.0 Å². The predicted octanol–water partition coefficient (Wildman–Crippen LogP) is 13.5. The summed E-state index contributed by atoms with van der Waals surface area (Å²) in [5.41, 5.74) is 20.7. The quantitative estimate of drug-likeness (QED) is 0.167. The van der Waals surface area contributed by atoms with Crippen LogP contribution in [0.5, 0.6) is 0 Å². The van der Waals surface area contributed by atoms with E-state index in [4.69, 9.17) is 4.42 Å². The Labute approximate surface area is 350 Å². The van der Waals surface area contributed by atoms with Gasteiger partial charge in [-0.2, -0.15) is 0 Å². The Morgan fingerprint density at radius 1 is 0.458 bits per heavy atom. The lowest BCUT2D eigenvalue weighted by Crippen LogP contribution is -2.61. The Bertz CT molecular complexity index is 2970. The van der Waals surface area contributed by atoms with Crippen LogP contribution in [0.4, 0.5) is 34.1 Å². The second-order valence-corrected chi connectivity index (χ2v) is 20.0. The van der Waals surface area contributed by atoms with E-state index in [1.54, 1.807) is 0 Å². The predicted molar refractivity (Wildman–Crippen MR) is 254 cm³/mol. The molecule has 0 radical (unpaired) electrons. The molecule has 0 fully saturated rings. The fourth-order valence-electron chi connectivity index (χ4n) is 9.56. The van der Waals surface area contributed by atoms with Crippen LogP contribution in [-0.4, -0.2) is 6.71 Å². The van der Waals surface area contributed by atoms with E-state index < -0.39 is 0 Å². The monoisotopic (exact) mass is 768 g/mol. The molecule has 1 aromatic heterocycles. The van der Waals surface area contributed by atoms with Gasteiger partial charge in [0.05, 0.1) is 0 Å². The third-order valence-electron chi connectivity index (χ3n) is 12.8. The van der Waals surface area contributed by atoms with Crippen LogP contribution < -0.4 is 26.2 Å². The summed E-state index contributed by atoms with van der Waals surface area (Å²) in [6.07, 6.45) is 0. The molecule has 3 heterocycles. The number of aryl methyl sites for hydroxylation is 1. The van der Waals surface area contributed by atoms with Crippen LogP contribution in [0.3, 0.4) is 0 Å². The highest BCUT2D eigenvalue weighted by Crippen LogP contribution is 2.47. The molecule has 0 bridgehead atoms. The molecule has 0 amide bonds. The normalized spacial score (nSPS) is 13.8. The molecule has 10 rings (SSSR count). The third kappa shape index (κ3) is 6.02. The van der Waals surface area contributed by atoms with Crippen molar-refractivity contribution in [3.63, 3.8) is 0 Å². The Balaban J connectivity index is 1.25. The first-order valence-electron chi connectivity index (χ1n) is 21.2. The van der Waals surface area contributed by atoms with Crippen LogP contribution in [-0.2, 0) is 16.2 Å². The lowest BCUT2D eigenvalue weighted by molar-refractivity contribution is 0.590.